The Balaban J connectivity index is 2.43. The molecule has 0 fully saturated rings. The van der Waals surface area contributed by atoms with Gasteiger partial charge in [-0.25, -0.2) is 0 Å². The molecule has 0 saturated carbocycles. The molecule has 0 saturated heterocycles. The molecule has 0 radical (unpaired) electrons. The van der Waals surface area contributed by atoms with Crippen LogP contribution < -0.4 is 0 Å². The minimum Gasteiger partial charge on any atom is -0.384 e. The van der Waals surface area contributed by atoms with E-state index in [9.17, 15) is 5.11 Å². The zero-order valence-corrected chi connectivity index (χ0v) is 11.2. The molecule has 1 unspecified atom stereocenters. The number of halogens is 1. The minimum atomic E-state index is -0.696. The van der Waals surface area contributed by atoms with E-state index >= 15 is 0 Å². The van der Waals surface area contributed by atoms with Crippen LogP contribution in [0.5, 0.6) is 0 Å². The summed E-state index contributed by atoms with van der Waals surface area (Å²) in [5.41, 5.74) is 2.78. The van der Waals surface area contributed by atoms with E-state index in [0.717, 1.165) is 16.7 Å². The first-order chi connectivity index (χ1) is 9.20. The Labute approximate surface area is 118 Å². The maximum atomic E-state index is 10.1. The van der Waals surface area contributed by atoms with Crippen molar-refractivity contribution in [3.63, 3.8) is 0 Å². The quantitative estimate of drug-likeness (QED) is 0.644. The Morgan fingerprint density at radius 2 is 1.68 bits per heavy atom. The molecule has 0 heterocycles. The van der Waals surface area contributed by atoms with E-state index in [0.29, 0.717) is 5.02 Å². The SMILES string of the molecule is C=CC(O)/C(=C\c1ccc(Cl)cc1)c1ccccc1. The molecule has 0 amide bonds. The van der Waals surface area contributed by atoms with Crippen molar-refractivity contribution in [3.05, 3.63) is 83.4 Å². The molecule has 0 bridgehead atoms. The highest BCUT2D eigenvalue weighted by molar-refractivity contribution is 6.30. The van der Waals surface area contributed by atoms with Crippen LogP contribution in [-0.4, -0.2) is 11.2 Å². The number of benzene rings is 2. The average molecular weight is 271 g/mol. The largest absolute Gasteiger partial charge is 0.384 e. The summed E-state index contributed by atoms with van der Waals surface area (Å²) < 4.78 is 0. The van der Waals surface area contributed by atoms with Gasteiger partial charge >= 0.3 is 0 Å². The first-order valence-corrected chi connectivity index (χ1v) is 6.41. The van der Waals surface area contributed by atoms with E-state index in [1.807, 2.05) is 60.7 Å². The van der Waals surface area contributed by atoms with E-state index in [1.54, 1.807) is 0 Å². The number of hydrogen-bond acceptors (Lipinski definition) is 1. The van der Waals surface area contributed by atoms with Gasteiger partial charge in [0.1, 0.15) is 0 Å². The highest BCUT2D eigenvalue weighted by Crippen LogP contribution is 2.23. The van der Waals surface area contributed by atoms with Gasteiger partial charge in [0.15, 0.2) is 0 Å². The van der Waals surface area contributed by atoms with Gasteiger partial charge in [-0.3, -0.25) is 0 Å². The van der Waals surface area contributed by atoms with E-state index in [2.05, 4.69) is 6.58 Å². The molecular formula is C17H15ClO. The van der Waals surface area contributed by atoms with Gasteiger partial charge in [0.05, 0.1) is 6.10 Å². The van der Waals surface area contributed by atoms with Gasteiger partial charge in [0.25, 0.3) is 0 Å². The number of hydrogen-bond donors (Lipinski definition) is 1. The minimum absolute atomic E-state index is 0.696. The first kappa shape index (κ1) is 13.6. The maximum absolute atomic E-state index is 10.1. The summed E-state index contributed by atoms with van der Waals surface area (Å²) >= 11 is 5.87. The van der Waals surface area contributed by atoms with E-state index in [4.69, 9.17) is 11.6 Å². The Morgan fingerprint density at radius 3 is 2.26 bits per heavy atom. The topological polar surface area (TPSA) is 20.2 Å². The van der Waals surface area contributed by atoms with Crippen molar-refractivity contribution >= 4 is 23.3 Å². The van der Waals surface area contributed by atoms with Crippen molar-refractivity contribution in [1.82, 2.24) is 0 Å². The van der Waals surface area contributed by atoms with Crippen LogP contribution >= 0.6 is 11.6 Å². The van der Waals surface area contributed by atoms with Gasteiger partial charge in [-0.05, 0) is 34.9 Å². The Hall–Kier alpha value is -1.83. The summed E-state index contributed by atoms with van der Waals surface area (Å²) in [5, 5.41) is 10.8. The van der Waals surface area contributed by atoms with Crippen LogP contribution in [-0.2, 0) is 0 Å². The van der Waals surface area contributed by atoms with Gasteiger partial charge in [-0.2, -0.15) is 0 Å². The van der Waals surface area contributed by atoms with Crippen molar-refractivity contribution in [3.8, 4) is 0 Å². The van der Waals surface area contributed by atoms with Crippen LogP contribution in [0.4, 0.5) is 0 Å². The molecule has 2 rings (SSSR count). The number of aliphatic hydroxyl groups is 1. The van der Waals surface area contributed by atoms with Crippen LogP contribution in [0.15, 0.2) is 67.3 Å². The first-order valence-electron chi connectivity index (χ1n) is 6.04. The summed E-state index contributed by atoms with van der Waals surface area (Å²) in [7, 11) is 0. The summed E-state index contributed by atoms with van der Waals surface area (Å²) in [5.74, 6) is 0. The third-order valence-electron chi connectivity index (χ3n) is 2.84. The summed E-state index contributed by atoms with van der Waals surface area (Å²) in [6.45, 7) is 3.65. The van der Waals surface area contributed by atoms with E-state index in [-0.39, 0.29) is 0 Å². The van der Waals surface area contributed by atoms with Crippen molar-refractivity contribution in [2.45, 2.75) is 6.10 Å². The van der Waals surface area contributed by atoms with E-state index < -0.39 is 6.10 Å². The van der Waals surface area contributed by atoms with Crippen LogP contribution in [0, 0.1) is 0 Å². The van der Waals surface area contributed by atoms with Gasteiger partial charge in [-0.1, -0.05) is 60.1 Å². The van der Waals surface area contributed by atoms with Crippen LogP contribution in [0.1, 0.15) is 11.1 Å². The molecular weight excluding hydrogens is 256 g/mol. The lowest BCUT2D eigenvalue weighted by Gasteiger charge is -2.12. The Morgan fingerprint density at radius 1 is 1.05 bits per heavy atom. The third kappa shape index (κ3) is 3.57. The van der Waals surface area contributed by atoms with Crippen molar-refractivity contribution < 1.29 is 5.11 Å². The zero-order chi connectivity index (χ0) is 13.7. The fraction of sp³-hybridized carbons (Fsp3) is 0.0588. The Kier molecular flexibility index (Phi) is 4.56. The molecule has 1 atom stereocenters. The summed E-state index contributed by atoms with van der Waals surface area (Å²) in [4.78, 5) is 0. The Bertz CT molecular complexity index is 570. The molecule has 2 aromatic rings. The highest BCUT2D eigenvalue weighted by atomic mass is 35.5. The highest BCUT2D eigenvalue weighted by Gasteiger charge is 2.09. The lowest BCUT2D eigenvalue weighted by Crippen LogP contribution is -2.05. The molecule has 0 spiro atoms. The van der Waals surface area contributed by atoms with Crippen LogP contribution in [0.2, 0.25) is 5.02 Å². The predicted octanol–water partition coefficient (Wildman–Crippen LogP) is 4.43. The second-order valence-corrected chi connectivity index (χ2v) is 4.63. The van der Waals surface area contributed by atoms with Crippen molar-refractivity contribution in [1.29, 1.82) is 0 Å². The van der Waals surface area contributed by atoms with Gasteiger partial charge in [-0.15, -0.1) is 6.58 Å². The van der Waals surface area contributed by atoms with Gasteiger partial charge in [0, 0.05) is 5.02 Å². The molecule has 2 aromatic carbocycles. The van der Waals surface area contributed by atoms with E-state index in [1.165, 1.54) is 6.08 Å². The van der Waals surface area contributed by atoms with Gasteiger partial charge in [0.2, 0.25) is 0 Å². The third-order valence-corrected chi connectivity index (χ3v) is 3.09. The monoisotopic (exact) mass is 270 g/mol. The molecule has 0 aliphatic carbocycles. The predicted molar refractivity (Wildman–Crippen MR) is 82.0 cm³/mol. The lowest BCUT2D eigenvalue weighted by atomic mass is 9.98. The summed E-state index contributed by atoms with van der Waals surface area (Å²) in [6.07, 6.45) is 2.77. The van der Waals surface area contributed by atoms with Gasteiger partial charge < -0.3 is 5.11 Å². The second kappa shape index (κ2) is 6.37. The molecule has 0 aliphatic rings. The fourth-order valence-electron chi connectivity index (χ4n) is 1.84. The number of rotatable bonds is 4. The second-order valence-electron chi connectivity index (χ2n) is 4.20. The summed E-state index contributed by atoms with van der Waals surface area (Å²) in [6, 6.07) is 17.3. The standard InChI is InChI=1S/C17H15ClO/c1-2-17(19)16(14-6-4-3-5-7-14)12-13-8-10-15(18)11-9-13/h2-12,17,19H,1H2/b16-12-. The number of aliphatic hydroxyl groups excluding tert-OH is 1. The fourth-order valence-corrected chi connectivity index (χ4v) is 1.96. The molecule has 1 N–H and O–H groups in total. The van der Waals surface area contributed by atoms with Crippen molar-refractivity contribution in [2.75, 3.05) is 0 Å². The molecule has 2 heteroatoms. The molecule has 0 aromatic heterocycles. The van der Waals surface area contributed by atoms with Crippen LogP contribution in [0.25, 0.3) is 11.6 Å². The molecule has 96 valence electrons. The lowest BCUT2D eigenvalue weighted by molar-refractivity contribution is 0.281. The van der Waals surface area contributed by atoms with Crippen molar-refractivity contribution in [2.24, 2.45) is 0 Å². The smallest absolute Gasteiger partial charge is 0.0975 e. The van der Waals surface area contributed by atoms with Crippen LogP contribution in [0.3, 0.4) is 0 Å². The molecule has 19 heavy (non-hydrogen) atoms. The average Bonchev–Trinajstić information content (AvgIpc) is 2.47. The molecule has 0 aliphatic heterocycles. The molecule has 1 nitrogen and oxygen atoms in total. The maximum Gasteiger partial charge on any atom is 0.0975 e. The normalized spacial score (nSPS) is 13.1. The zero-order valence-electron chi connectivity index (χ0n) is 10.5.